The van der Waals surface area contributed by atoms with Crippen LogP contribution in [0.4, 0.5) is 0 Å². The highest BCUT2D eigenvalue weighted by Gasteiger charge is 2.07. The Hall–Kier alpha value is -1.65. The third-order valence-corrected chi connectivity index (χ3v) is 2.05. The average Bonchev–Trinajstić information content (AvgIpc) is 2.15. The zero-order chi connectivity index (χ0) is 11.4. The molecule has 0 aliphatic rings. The van der Waals surface area contributed by atoms with E-state index in [1.807, 2.05) is 13.8 Å². The van der Waals surface area contributed by atoms with E-state index in [-0.39, 0.29) is 24.3 Å². The largest absolute Gasteiger partial charge is 0.481 e. The summed E-state index contributed by atoms with van der Waals surface area (Å²) < 4.78 is 0. The van der Waals surface area contributed by atoms with Gasteiger partial charge >= 0.3 is 5.97 Å². The van der Waals surface area contributed by atoms with E-state index in [4.69, 9.17) is 5.11 Å². The summed E-state index contributed by atoms with van der Waals surface area (Å²) in [6.45, 7) is 3.85. The number of nitrogens with zero attached hydrogens (tertiary/aromatic N) is 1. The van der Waals surface area contributed by atoms with Crippen molar-refractivity contribution in [3.8, 4) is 0 Å². The fourth-order valence-corrected chi connectivity index (χ4v) is 1.15. The van der Waals surface area contributed by atoms with Gasteiger partial charge in [0.15, 0.2) is 0 Å². The van der Waals surface area contributed by atoms with E-state index in [0.717, 1.165) is 0 Å². The number of carboxylic acid groups (broad SMARTS) is 1. The van der Waals surface area contributed by atoms with E-state index in [0.29, 0.717) is 11.4 Å². The van der Waals surface area contributed by atoms with Crippen LogP contribution in [0.3, 0.4) is 0 Å². The molecule has 2 N–H and O–H groups in total. The molecular formula is C10H14N2O3. The van der Waals surface area contributed by atoms with E-state index in [2.05, 4.69) is 9.97 Å². The van der Waals surface area contributed by atoms with Gasteiger partial charge in [-0.25, -0.2) is 4.98 Å². The molecule has 0 aliphatic carbocycles. The molecular weight excluding hydrogens is 196 g/mol. The Morgan fingerprint density at radius 3 is 2.73 bits per heavy atom. The molecule has 0 saturated carbocycles. The fourth-order valence-electron chi connectivity index (χ4n) is 1.15. The normalized spacial score (nSPS) is 10.6. The van der Waals surface area contributed by atoms with Crippen molar-refractivity contribution in [2.24, 2.45) is 0 Å². The molecule has 0 aliphatic heterocycles. The van der Waals surface area contributed by atoms with Crippen LogP contribution in [0.5, 0.6) is 0 Å². The highest BCUT2D eigenvalue weighted by Crippen LogP contribution is 2.06. The van der Waals surface area contributed by atoms with Gasteiger partial charge in [-0.2, -0.15) is 0 Å². The maximum atomic E-state index is 11.5. The summed E-state index contributed by atoms with van der Waals surface area (Å²) in [6.07, 6.45) is 1.62. The van der Waals surface area contributed by atoms with E-state index in [1.165, 1.54) is 6.20 Å². The van der Waals surface area contributed by atoms with Gasteiger partial charge in [0.25, 0.3) is 5.56 Å². The quantitative estimate of drug-likeness (QED) is 0.773. The predicted octanol–water partition coefficient (Wildman–Crippen LogP) is 0.911. The number of aromatic nitrogens is 2. The predicted molar refractivity (Wildman–Crippen MR) is 54.9 cm³/mol. The lowest BCUT2D eigenvalue weighted by Gasteiger charge is -2.04. The van der Waals surface area contributed by atoms with Crippen molar-refractivity contribution >= 4 is 5.97 Å². The van der Waals surface area contributed by atoms with E-state index in [9.17, 15) is 9.59 Å². The molecule has 0 amide bonds. The van der Waals surface area contributed by atoms with Crippen LogP contribution < -0.4 is 5.56 Å². The van der Waals surface area contributed by atoms with E-state index in [1.54, 1.807) is 0 Å². The van der Waals surface area contributed by atoms with Gasteiger partial charge in [-0.1, -0.05) is 13.8 Å². The lowest BCUT2D eigenvalue weighted by atomic mass is 10.1. The fraction of sp³-hybridized carbons (Fsp3) is 0.500. The Kier molecular flexibility index (Phi) is 3.60. The molecule has 0 radical (unpaired) electrons. The number of carboxylic acids is 1. The van der Waals surface area contributed by atoms with Crippen molar-refractivity contribution < 1.29 is 9.90 Å². The van der Waals surface area contributed by atoms with Gasteiger partial charge in [-0.3, -0.25) is 9.59 Å². The third kappa shape index (κ3) is 3.19. The number of hydrogen-bond acceptors (Lipinski definition) is 3. The number of aryl methyl sites for hydroxylation is 1. The number of aromatic amines is 1. The first-order valence-electron chi connectivity index (χ1n) is 4.80. The lowest BCUT2D eigenvalue weighted by molar-refractivity contribution is -0.136. The molecule has 0 spiro atoms. The summed E-state index contributed by atoms with van der Waals surface area (Å²) in [7, 11) is 0. The van der Waals surface area contributed by atoms with Crippen LogP contribution in [0.2, 0.25) is 0 Å². The zero-order valence-corrected chi connectivity index (χ0v) is 8.78. The van der Waals surface area contributed by atoms with Crippen LogP contribution in [0.1, 0.15) is 37.6 Å². The summed E-state index contributed by atoms with van der Waals surface area (Å²) in [6, 6.07) is 0. The Balaban J connectivity index is 2.84. The minimum absolute atomic E-state index is 0.0498. The number of hydrogen-bond donors (Lipinski definition) is 2. The van der Waals surface area contributed by atoms with Crippen LogP contribution in [0.15, 0.2) is 11.0 Å². The second kappa shape index (κ2) is 4.72. The van der Waals surface area contributed by atoms with Crippen LogP contribution in [0.25, 0.3) is 0 Å². The van der Waals surface area contributed by atoms with Crippen molar-refractivity contribution in [1.82, 2.24) is 9.97 Å². The Labute approximate surface area is 87.2 Å². The summed E-state index contributed by atoms with van der Waals surface area (Å²) >= 11 is 0. The Morgan fingerprint density at radius 2 is 2.27 bits per heavy atom. The standard InChI is InChI=1S/C10H14N2O3/c1-6(2)9-11-5-7(10(15)12-9)3-4-8(13)14/h5-6H,3-4H2,1-2H3,(H,13,14)(H,11,12,15). The van der Waals surface area contributed by atoms with Crippen molar-refractivity contribution in [1.29, 1.82) is 0 Å². The first-order chi connectivity index (χ1) is 7.00. The molecule has 0 aromatic carbocycles. The van der Waals surface area contributed by atoms with Crippen LogP contribution in [-0.4, -0.2) is 21.0 Å². The molecule has 0 bridgehead atoms. The molecule has 1 heterocycles. The van der Waals surface area contributed by atoms with Gasteiger partial charge in [0.05, 0.1) is 0 Å². The van der Waals surface area contributed by atoms with Crippen molar-refractivity contribution in [3.05, 3.63) is 27.9 Å². The average molecular weight is 210 g/mol. The van der Waals surface area contributed by atoms with Crippen molar-refractivity contribution in [2.45, 2.75) is 32.6 Å². The number of aliphatic carboxylic acids is 1. The highest BCUT2D eigenvalue weighted by molar-refractivity contribution is 5.67. The van der Waals surface area contributed by atoms with Crippen molar-refractivity contribution in [3.63, 3.8) is 0 Å². The highest BCUT2D eigenvalue weighted by atomic mass is 16.4. The molecule has 0 unspecified atom stereocenters. The van der Waals surface area contributed by atoms with Gasteiger partial charge in [0.2, 0.25) is 0 Å². The molecule has 0 atom stereocenters. The minimum atomic E-state index is -0.915. The number of carbonyl (C=O) groups is 1. The Bertz CT molecular complexity index is 409. The third-order valence-electron chi connectivity index (χ3n) is 2.05. The smallest absolute Gasteiger partial charge is 0.303 e. The molecule has 1 aromatic rings. The molecule has 15 heavy (non-hydrogen) atoms. The maximum absolute atomic E-state index is 11.5. The van der Waals surface area contributed by atoms with E-state index >= 15 is 0 Å². The van der Waals surface area contributed by atoms with Crippen LogP contribution in [0, 0.1) is 0 Å². The van der Waals surface area contributed by atoms with Gasteiger partial charge in [-0.05, 0) is 6.42 Å². The number of H-pyrrole nitrogens is 1. The number of rotatable bonds is 4. The molecule has 0 fully saturated rings. The first-order valence-corrected chi connectivity index (χ1v) is 4.80. The first kappa shape index (κ1) is 11.4. The summed E-state index contributed by atoms with van der Waals surface area (Å²) in [5.41, 5.74) is 0.178. The molecule has 82 valence electrons. The monoisotopic (exact) mass is 210 g/mol. The molecule has 1 rings (SSSR count). The van der Waals surface area contributed by atoms with Gasteiger partial charge in [0, 0.05) is 24.1 Å². The minimum Gasteiger partial charge on any atom is -0.481 e. The van der Waals surface area contributed by atoms with Gasteiger partial charge < -0.3 is 10.1 Å². The molecule has 0 saturated heterocycles. The van der Waals surface area contributed by atoms with Crippen molar-refractivity contribution in [2.75, 3.05) is 0 Å². The Morgan fingerprint density at radius 1 is 1.60 bits per heavy atom. The number of nitrogens with one attached hydrogen (secondary N) is 1. The topological polar surface area (TPSA) is 83.0 Å². The summed E-state index contributed by atoms with van der Waals surface area (Å²) in [4.78, 5) is 28.5. The maximum Gasteiger partial charge on any atom is 0.303 e. The zero-order valence-electron chi connectivity index (χ0n) is 8.78. The summed E-state index contributed by atoms with van der Waals surface area (Å²) in [5.74, 6) is -0.132. The molecule has 1 aromatic heterocycles. The van der Waals surface area contributed by atoms with E-state index < -0.39 is 5.97 Å². The lowest BCUT2D eigenvalue weighted by Crippen LogP contribution is -2.17. The summed E-state index contributed by atoms with van der Waals surface area (Å²) in [5, 5.41) is 8.48. The SMILES string of the molecule is CC(C)c1ncc(CCC(=O)O)c(=O)[nH]1. The second-order valence-corrected chi connectivity index (χ2v) is 3.67. The van der Waals surface area contributed by atoms with Crippen LogP contribution in [-0.2, 0) is 11.2 Å². The molecule has 5 nitrogen and oxygen atoms in total. The second-order valence-electron chi connectivity index (χ2n) is 3.67. The molecule has 5 heteroatoms. The van der Waals surface area contributed by atoms with Crippen LogP contribution >= 0.6 is 0 Å². The van der Waals surface area contributed by atoms with Gasteiger partial charge in [-0.15, -0.1) is 0 Å². The van der Waals surface area contributed by atoms with Gasteiger partial charge in [0.1, 0.15) is 5.82 Å².